The van der Waals surface area contributed by atoms with Crippen LogP contribution in [0.3, 0.4) is 0 Å². The molecule has 2 aliphatic carbocycles. The number of aliphatic hydroxyl groups is 3. The molecule has 2 aromatic rings. The largest absolute Gasteiger partial charge is 0.507 e. The average molecular weight is 559 g/mol. The van der Waals surface area contributed by atoms with E-state index in [4.69, 9.17) is 19.9 Å². The molecule has 1 aliphatic heterocycles. The Kier molecular flexibility index (Phi) is 7.38. The topological polar surface area (TPSA) is 201 Å². The fraction of sp³-hybridized carbons (Fsp3) is 0.500. The van der Waals surface area contributed by atoms with Crippen molar-refractivity contribution in [2.24, 2.45) is 5.73 Å². The van der Waals surface area contributed by atoms with Gasteiger partial charge in [0.15, 0.2) is 12.1 Å². The van der Waals surface area contributed by atoms with Crippen LogP contribution in [-0.4, -0.2) is 94.0 Å². The number of phenols is 2. The lowest BCUT2D eigenvalue weighted by Gasteiger charge is -2.45. The summed E-state index contributed by atoms with van der Waals surface area (Å²) in [4.78, 5) is 27.3. The van der Waals surface area contributed by atoms with Gasteiger partial charge in [-0.25, -0.2) is 0 Å². The fourth-order valence-electron chi connectivity index (χ4n) is 6.21. The number of hydrogen-bond acceptors (Lipinski definition) is 12. The van der Waals surface area contributed by atoms with Gasteiger partial charge in [0.25, 0.3) is 0 Å². The van der Waals surface area contributed by atoms with E-state index in [0.717, 1.165) is 0 Å². The maximum atomic E-state index is 13.7. The molecule has 7 atom stereocenters. The van der Waals surface area contributed by atoms with Crippen LogP contribution in [-0.2, 0) is 15.9 Å². The number of ketones is 2. The Morgan fingerprint density at radius 2 is 1.88 bits per heavy atom. The van der Waals surface area contributed by atoms with E-state index in [0.29, 0.717) is 0 Å². The van der Waals surface area contributed by atoms with Crippen LogP contribution < -0.4 is 15.8 Å². The molecule has 216 valence electrons. The van der Waals surface area contributed by atoms with Gasteiger partial charge < -0.3 is 50.8 Å². The van der Waals surface area contributed by atoms with Crippen LogP contribution in [0, 0.1) is 0 Å². The van der Waals surface area contributed by atoms with Gasteiger partial charge in [0.1, 0.15) is 17.2 Å². The van der Waals surface area contributed by atoms with Crippen molar-refractivity contribution in [2.45, 2.75) is 68.5 Å². The van der Waals surface area contributed by atoms with Crippen molar-refractivity contribution < 1.29 is 49.3 Å². The van der Waals surface area contributed by atoms with Gasteiger partial charge in [-0.15, -0.1) is 0 Å². The number of aliphatic hydroxyl groups excluding tert-OH is 2. The number of aromatic hydroxyl groups is 2. The lowest BCUT2D eigenvalue weighted by molar-refractivity contribution is -0.248. The molecule has 0 radical (unpaired) electrons. The van der Waals surface area contributed by atoms with Crippen molar-refractivity contribution in [3.63, 3.8) is 0 Å². The standard InChI is InChI=1S/C28H34N2O10/c1-11-23(32)14(29)7-18(39-11)40-16-9-28(37,17(10-31)30-2)8-13-20(16)27(36)22-21(25(13)34)24(33)12-5-4-6-15(38-3)19(12)26(22)35/h4-6,11,14,16-18,23,30-32,34,36-37H,7-10,29H2,1-3H3/t11?,14?,16?,17?,18?,23?,28-/m0/s1. The van der Waals surface area contributed by atoms with Crippen LogP contribution in [0.15, 0.2) is 18.2 Å². The van der Waals surface area contributed by atoms with Gasteiger partial charge in [0.2, 0.25) is 5.78 Å². The molecular weight excluding hydrogens is 524 g/mol. The molecule has 0 bridgehead atoms. The van der Waals surface area contributed by atoms with Gasteiger partial charge >= 0.3 is 0 Å². The van der Waals surface area contributed by atoms with E-state index >= 15 is 0 Å². The first-order valence-corrected chi connectivity index (χ1v) is 13.1. The maximum absolute atomic E-state index is 13.7. The van der Waals surface area contributed by atoms with Crippen LogP contribution in [0.1, 0.15) is 68.8 Å². The molecule has 1 fully saturated rings. The molecule has 1 saturated heterocycles. The van der Waals surface area contributed by atoms with E-state index in [1.54, 1.807) is 14.0 Å². The van der Waals surface area contributed by atoms with E-state index in [1.807, 2.05) is 0 Å². The SMILES string of the molecule is CNC(CO)[C@]1(O)Cc2c(O)c3c(c(O)c2C(OC2CC(N)C(O)C(C)O2)C1)C(=O)c1c(OC)cccc1C3=O. The number of methoxy groups -OCH3 is 1. The molecule has 12 heteroatoms. The van der Waals surface area contributed by atoms with Gasteiger partial charge in [-0.1, -0.05) is 12.1 Å². The highest BCUT2D eigenvalue weighted by Gasteiger charge is 2.50. The molecule has 5 rings (SSSR count). The number of ether oxygens (including phenoxy) is 3. The number of phenolic OH excluding ortho intramolecular Hbond substituents is 2. The highest BCUT2D eigenvalue weighted by Crippen LogP contribution is 2.52. The van der Waals surface area contributed by atoms with Crippen molar-refractivity contribution >= 4 is 11.6 Å². The van der Waals surface area contributed by atoms with Crippen molar-refractivity contribution in [1.82, 2.24) is 5.32 Å². The molecular formula is C28H34N2O10. The Balaban J connectivity index is 1.69. The van der Waals surface area contributed by atoms with Gasteiger partial charge in [-0.2, -0.15) is 0 Å². The summed E-state index contributed by atoms with van der Waals surface area (Å²) in [6.07, 6.45) is -4.08. The maximum Gasteiger partial charge on any atom is 0.202 e. The van der Waals surface area contributed by atoms with Gasteiger partial charge in [0, 0.05) is 42.0 Å². The van der Waals surface area contributed by atoms with Crippen molar-refractivity contribution in [1.29, 1.82) is 0 Å². The summed E-state index contributed by atoms with van der Waals surface area (Å²) >= 11 is 0. The van der Waals surface area contributed by atoms with Crippen LogP contribution in [0.5, 0.6) is 17.2 Å². The Morgan fingerprint density at radius 3 is 2.50 bits per heavy atom. The molecule has 0 aromatic heterocycles. The number of benzene rings is 2. The number of nitrogens with two attached hydrogens (primary N) is 1. The number of fused-ring (bicyclic) bond motifs is 3. The summed E-state index contributed by atoms with van der Waals surface area (Å²) < 4.78 is 17.3. The van der Waals surface area contributed by atoms with Crippen LogP contribution in [0.2, 0.25) is 0 Å². The lowest BCUT2D eigenvalue weighted by atomic mass is 9.71. The van der Waals surface area contributed by atoms with Crippen molar-refractivity contribution in [2.75, 3.05) is 20.8 Å². The molecule has 2 aromatic carbocycles. The summed E-state index contributed by atoms with van der Waals surface area (Å²) in [6, 6.07) is 2.94. The minimum Gasteiger partial charge on any atom is -0.507 e. The predicted molar refractivity (Wildman–Crippen MR) is 140 cm³/mol. The Hall–Kier alpha value is -3.10. The second-order valence-corrected chi connectivity index (χ2v) is 10.7. The zero-order valence-electron chi connectivity index (χ0n) is 22.4. The zero-order valence-corrected chi connectivity index (χ0v) is 22.4. The highest BCUT2D eigenvalue weighted by molar-refractivity contribution is 6.31. The van der Waals surface area contributed by atoms with E-state index in [1.165, 1.54) is 25.3 Å². The molecule has 0 spiro atoms. The number of rotatable bonds is 6. The summed E-state index contributed by atoms with van der Waals surface area (Å²) in [5.74, 6) is -2.41. The molecule has 0 saturated carbocycles. The summed E-state index contributed by atoms with van der Waals surface area (Å²) in [6.45, 7) is 1.16. The molecule has 3 aliphatic rings. The van der Waals surface area contributed by atoms with E-state index in [2.05, 4.69) is 5.32 Å². The van der Waals surface area contributed by atoms with Crippen molar-refractivity contribution in [3.8, 4) is 17.2 Å². The lowest BCUT2D eigenvalue weighted by Crippen LogP contribution is -2.56. The number of carbonyl (C=O) groups is 2. The molecule has 12 nitrogen and oxygen atoms in total. The predicted octanol–water partition coefficient (Wildman–Crippen LogP) is 0.0202. The van der Waals surface area contributed by atoms with Gasteiger partial charge in [0.05, 0.1) is 60.4 Å². The average Bonchev–Trinajstić information content (AvgIpc) is 2.92. The second-order valence-electron chi connectivity index (χ2n) is 10.7. The number of carbonyl (C=O) groups excluding carboxylic acids is 2. The van der Waals surface area contributed by atoms with Crippen molar-refractivity contribution in [3.05, 3.63) is 51.6 Å². The zero-order chi connectivity index (χ0) is 29.1. The minimum atomic E-state index is -1.70. The van der Waals surface area contributed by atoms with Crippen LogP contribution >= 0.6 is 0 Å². The van der Waals surface area contributed by atoms with Gasteiger partial charge in [-0.05, 0) is 20.0 Å². The third-order valence-corrected chi connectivity index (χ3v) is 8.35. The van der Waals surface area contributed by atoms with E-state index < -0.39 is 77.5 Å². The molecule has 8 N–H and O–H groups in total. The first kappa shape index (κ1) is 28.4. The minimum absolute atomic E-state index is 0.00406. The number of likely N-dealkylation sites (N-methyl/N-ethyl adjacent to an activating group) is 1. The Bertz CT molecular complexity index is 1350. The Labute approximate surface area is 230 Å². The molecule has 40 heavy (non-hydrogen) atoms. The van der Waals surface area contributed by atoms with E-state index in [-0.39, 0.29) is 52.8 Å². The first-order chi connectivity index (χ1) is 19.0. The smallest absolute Gasteiger partial charge is 0.202 e. The first-order valence-electron chi connectivity index (χ1n) is 13.1. The van der Waals surface area contributed by atoms with Crippen LogP contribution in [0.4, 0.5) is 0 Å². The quantitative estimate of drug-likeness (QED) is 0.200. The van der Waals surface area contributed by atoms with Crippen LogP contribution in [0.25, 0.3) is 0 Å². The molecule has 1 heterocycles. The Morgan fingerprint density at radius 1 is 1.18 bits per heavy atom. The number of hydrogen-bond donors (Lipinski definition) is 7. The number of nitrogens with one attached hydrogen (secondary N) is 1. The summed E-state index contributed by atoms with van der Waals surface area (Å²) in [5.41, 5.74) is 3.57. The fourth-order valence-corrected chi connectivity index (χ4v) is 6.21. The third kappa shape index (κ3) is 4.27. The normalized spacial score (nSPS) is 30.3. The molecule has 6 unspecified atom stereocenters. The van der Waals surface area contributed by atoms with E-state index in [9.17, 15) is 35.1 Å². The van der Waals surface area contributed by atoms with Gasteiger partial charge in [-0.3, -0.25) is 9.59 Å². The summed E-state index contributed by atoms with van der Waals surface area (Å²) in [5, 5.41) is 57.9. The molecule has 0 amide bonds. The highest BCUT2D eigenvalue weighted by atomic mass is 16.7. The second kappa shape index (κ2) is 10.4. The monoisotopic (exact) mass is 558 g/mol. The third-order valence-electron chi connectivity index (χ3n) is 8.35. The summed E-state index contributed by atoms with van der Waals surface area (Å²) in [7, 11) is 2.90.